The molecule has 3 aromatic rings. The Kier molecular flexibility index (Phi) is 5.97. The number of carbonyl (C=O) groups excluding carboxylic acids is 2. The Balaban J connectivity index is 1.76. The van der Waals surface area contributed by atoms with Crippen LogP contribution in [0.1, 0.15) is 0 Å². The molecular weight excluding hydrogens is 439 g/mol. The molecule has 1 aliphatic rings. The van der Waals surface area contributed by atoms with Crippen LogP contribution in [0.4, 0.5) is 15.8 Å². The van der Waals surface area contributed by atoms with E-state index in [4.69, 9.17) is 16.3 Å². The molecule has 3 aromatic carbocycles. The van der Waals surface area contributed by atoms with E-state index in [1.165, 1.54) is 31.4 Å². The maximum atomic E-state index is 13.4. The van der Waals surface area contributed by atoms with Crippen LogP contribution in [0.25, 0.3) is 0 Å². The van der Waals surface area contributed by atoms with Crippen LogP contribution >= 0.6 is 23.4 Å². The number of anilines is 2. The first-order chi connectivity index (χ1) is 15.0. The fourth-order valence-corrected chi connectivity index (χ4v) is 4.10. The number of imide groups is 1. The average Bonchev–Trinajstić information content (AvgIpc) is 3.00. The predicted octanol–water partition coefficient (Wildman–Crippen LogP) is 5.48. The van der Waals surface area contributed by atoms with Gasteiger partial charge in [0, 0.05) is 9.92 Å². The summed E-state index contributed by atoms with van der Waals surface area (Å²) in [7, 11) is 1.52. The van der Waals surface area contributed by atoms with Crippen molar-refractivity contribution in [2.75, 3.05) is 17.3 Å². The van der Waals surface area contributed by atoms with Crippen LogP contribution in [0, 0.1) is 5.82 Å². The van der Waals surface area contributed by atoms with E-state index in [0.29, 0.717) is 16.5 Å². The number of nitrogens with zero attached hydrogens (tertiary/aromatic N) is 1. The van der Waals surface area contributed by atoms with Gasteiger partial charge in [0.25, 0.3) is 11.8 Å². The fraction of sp³-hybridized carbons (Fsp3) is 0.0435. The molecule has 5 nitrogen and oxygen atoms in total. The number of amides is 2. The first-order valence-electron chi connectivity index (χ1n) is 9.20. The number of methoxy groups -OCH3 is 1. The van der Waals surface area contributed by atoms with Crippen molar-refractivity contribution in [3.8, 4) is 5.75 Å². The van der Waals surface area contributed by atoms with Gasteiger partial charge < -0.3 is 10.1 Å². The molecule has 0 radical (unpaired) electrons. The highest BCUT2D eigenvalue weighted by atomic mass is 35.5. The zero-order chi connectivity index (χ0) is 22.0. The van der Waals surface area contributed by atoms with Gasteiger partial charge in [0.2, 0.25) is 0 Å². The second kappa shape index (κ2) is 8.83. The summed E-state index contributed by atoms with van der Waals surface area (Å²) in [5.41, 5.74) is 0.928. The third kappa shape index (κ3) is 4.28. The molecule has 0 unspecified atom stereocenters. The number of hydrogen-bond donors (Lipinski definition) is 1. The normalized spacial score (nSPS) is 13.7. The van der Waals surface area contributed by atoms with Crippen LogP contribution < -0.4 is 15.0 Å². The molecule has 1 aliphatic heterocycles. The number of thioether (sulfide) groups is 1. The maximum absolute atomic E-state index is 13.4. The third-order valence-electron chi connectivity index (χ3n) is 4.53. The quantitative estimate of drug-likeness (QED) is 0.500. The minimum atomic E-state index is -0.543. The SMILES string of the molecule is COc1ccccc1NC1=C(Sc2ccc(Cl)cc2)C(=O)N(c2ccc(F)cc2)C1=O. The molecule has 1 N–H and O–H groups in total. The Morgan fingerprint density at radius 1 is 0.935 bits per heavy atom. The van der Waals surface area contributed by atoms with E-state index in [0.717, 1.165) is 21.6 Å². The molecule has 1 heterocycles. The van der Waals surface area contributed by atoms with Gasteiger partial charge in [-0.05, 0) is 60.7 Å². The van der Waals surface area contributed by atoms with Crippen LogP contribution in [0.2, 0.25) is 5.02 Å². The predicted molar refractivity (Wildman–Crippen MR) is 120 cm³/mol. The molecule has 0 aliphatic carbocycles. The number of benzene rings is 3. The zero-order valence-corrected chi connectivity index (χ0v) is 17.8. The summed E-state index contributed by atoms with van der Waals surface area (Å²) in [5.74, 6) is -0.988. The van der Waals surface area contributed by atoms with Crippen molar-refractivity contribution in [3.63, 3.8) is 0 Å². The summed E-state index contributed by atoms with van der Waals surface area (Å²) >= 11 is 7.10. The molecule has 8 heteroatoms. The number of halogens is 2. The Morgan fingerprint density at radius 2 is 1.61 bits per heavy atom. The van der Waals surface area contributed by atoms with E-state index in [1.54, 1.807) is 48.5 Å². The van der Waals surface area contributed by atoms with Gasteiger partial charge in [-0.15, -0.1) is 0 Å². The molecule has 0 fully saturated rings. The second-order valence-corrected chi connectivity index (χ2v) is 8.03. The van der Waals surface area contributed by atoms with Crippen molar-refractivity contribution >= 4 is 46.6 Å². The lowest BCUT2D eigenvalue weighted by Gasteiger charge is -2.15. The summed E-state index contributed by atoms with van der Waals surface area (Å²) in [6.07, 6.45) is 0. The number of hydrogen-bond acceptors (Lipinski definition) is 5. The first-order valence-corrected chi connectivity index (χ1v) is 10.4. The van der Waals surface area contributed by atoms with Crippen molar-refractivity contribution in [1.29, 1.82) is 0 Å². The van der Waals surface area contributed by atoms with Crippen molar-refractivity contribution in [3.05, 3.63) is 94.2 Å². The molecule has 31 heavy (non-hydrogen) atoms. The molecule has 156 valence electrons. The third-order valence-corrected chi connectivity index (χ3v) is 5.87. The lowest BCUT2D eigenvalue weighted by Crippen LogP contribution is -2.32. The highest BCUT2D eigenvalue weighted by Crippen LogP contribution is 2.39. The van der Waals surface area contributed by atoms with E-state index < -0.39 is 17.6 Å². The average molecular weight is 455 g/mol. The molecule has 0 saturated heterocycles. The molecular formula is C23H16ClFN2O3S. The fourth-order valence-electron chi connectivity index (χ4n) is 3.04. The lowest BCUT2D eigenvalue weighted by molar-refractivity contribution is -0.120. The van der Waals surface area contributed by atoms with E-state index in [-0.39, 0.29) is 16.3 Å². The number of carbonyl (C=O) groups is 2. The Bertz CT molecular complexity index is 1180. The minimum absolute atomic E-state index is 0.110. The van der Waals surface area contributed by atoms with E-state index in [2.05, 4.69) is 5.32 Å². The van der Waals surface area contributed by atoms with Crippen molar-refractivity contribution in [2.45, 2.75) is 4.90 Å². The van der Waals surface area contributed by atoms with Crippen molar-refractivity contribution in [1.82, 2.24) is 0 Å². The van der Waals surface area contributed by atoms with Gasteiger partial charge in [-0.2, -0.15) is 0 Å². The van der Waals surface area contributed by atoms with Crippen LogP contribution in [0.5, 0.6) is 5.75 Å². The summed E-state index contributed by atoms with van der Waals surface area (Å²) < 4.78 is 18.7. The monoisotopic (exact) mass is 454 g/mol. The minimum Gasteiger partial charge on any atom is -0.495 e. The van der Waals surface area contributed by atoms with Crippen LogP contribution in [0.15, 0.2) is 88.3 Å². The van der Waals surface area contributed by atoms with E-state index in [1.807, 2.05) is 0 Å². The smallest absolute Gasteiger partial charge is 0.283 e. The number of nitrogens with one attached hydrogen (secondary N) is 1. The zero-order valence-electron chi connectivity index (χ0n) is 16.3. The molecule has 0 atom stereocenters. The highest BCUT2D eigenvalue weighted by Gasteiger charge is 2.40. The Hall–Kier alpha value is -3.29. The molecule has 0 bridgehead atoms. The maximum Gasteiger partial charge on any atom is 0.283 e. The first kappa shape index (κ1) is 21.0. The number of rotatable bonds is 6. The van der Waals surface area contributed by atoms with Crippen molar-refractivity contribution < 1.29 is 18.7 Å². The largest absolute Gasteiger partial charge is 0.495 e. The van der Waals surface area contributed by atoms with Gasteiger partial charge in [0.05, 0.1) is 18.5 Å². The van der Waals surface area contributed by atoms with Gasteiger partial charge in [-0.1, -0.05) is 35.5 Å². The highest BCUT2D eigenvalue weighted by molar-refractivity contribution is 8.04. The topological polar surface area (TPSA) is 58.6 Å². The molecule has 0 saturated carbocycles. The van der Waals surface area contributed by atoms with Gasteiger partial charge in [0.15, 0.2) is 0 Å². The molecule has 0 aromatic heterocycles. The van der Waals surface area contributed by atoms with Gasteiger partial charge in [-0.3, -0.25) is 9.59 Å². The molecule has 4 rings (SSSR count). The molecule has 2 amide bonds. The summed E-state index contributed by atoms with van der Waals surface area (Å²) in [4.78, 5) is 28.5. The Morgan fingerprint density at radius 3 is 2.29 bits per heavy atom. The van der Waals surface area contributed by atoms with Gasteiger partial charge in [0.1, 0.15) is 22.2 Å². The summed E-state index contributed by atoms with van der Waals surface area (Å²) in [6.45, 7) is 0. The van der Waals surface area contributed by atoms with Crippen LogP contribution in [-0.2, 0) is 9.59 Å². The summed E-state index contributed by atoms with van der Waals surface area (Å²) in [5, 5.41) is 3.62. The number of para-hydroxylation sites is 2. The van der Waals surface area contributed by atoms with E-state index >= 15 is 0 Å². The lowest BCUT2D eigenvalue weighted by atomic mass is 10.2. The number of ether oxygens (including phenoxy) is 1. The summed E-state index contributed by atoms with van der Waals surface area (Å²) in [6, 6.07) is 19.2. The Labute approximate surface area is 187 Å². The standard InChI is InChI=1S/C23H16ClFN2O3S/c1-30-19-5-3-2-4-18(19)26-20-21(31-17-12-6-14(24)7-13-17)23(29)27(22(20)28)16-10-8-15(25)9-11-16/h2-13,26H,1H3. The van der Waals surface area contributed by atoms with Crippen LogP contribution in [0.3, 0.4) is 0 Å². The van der Waals surface area contributed by atoms with Gasteiger partial charge >= 0.3 is 0 Å². The van der Waals surface area contributed by atoms with E-state index in [9.17, 15) is 14.0 Å². The van der Waals surface area contributed by atoms with Gasteiger partial charge in [-0.25, -0.2) is 9.29 Å². The second-order valence-electron chi connectivity index (χ2n) is 6.51. The van der Waals surface area contributed by atoms with Crippen molar-refractivity contribution in [2.24, 2.45) is 0 Å². The van der Waals surface area contributed by atoms with Crippen LogP contribution in [-0.4, -0.2) is 18.9 Å². The molecule has 0 spiro atoms.